The number of ether oxygens (including phenoxy) is 1. The van der Waals surface area contributed by atoms with Crippen molar-refractivity contribution in [3.8, 4) is 0 Å². The van der Waals surface area contributed by atoms with Crippen molar-refractivity contribution in [1.29, 1.82) is 0 Å². The van der Waals surface area contributed by atoms with Crippen LogP contribution < -0.4 is 5.32 Å². The Balaban J connectivity index is 1.74. The van der Waals surface area contributed by atoms with Gasteiger partial charge in [-0.1, -0.05) is 6.42 Å². The molecule has 2 atom stereocenters. The molecule has 2 N–H and O–H groups in total. The summed E-state index contributed by atoms with van der Waals surface area (Å²) in [6.45, 7) is -1.11. The van der Waals surface area contributed by atoms with Gasteiger partial charge in [0, 0.05) is 19.6 Å². The number of aliphatic carboxylic acids is 1. The number of rotatable bonds is 5. The van der Waals surface area contributed by atoms with Gasteiger partial charge in [0.05, 0.1) is 12.0 Å². The summed E-state index contributed by atoms with van der Waals surface area (Å²) in [4.78, 5) is 24.9. The molecule has 0 unspecified atom stereocenters. The Morgan fingerprint density at radius 1 is 1.41 bits per heavy atom. The lowest BCUT2D eigenvalue weighted by Crippen LogP contribution is -2.42. The molecule has 0 aromatic carbocycles. The summed E-state index contributed by atoms with van der Waals surface area (Å²) in [6, 6.07) is -0.453. The maximum Gasteiger partial charge on any atom is 0.411 e. The summed E-state index contributed by atoms with van der Waals surface area (Å²) in [5, 5.41) is 11.9. The number of carboxylic acids is 1. The predicted octanol–water partition coefficient (Wildman–Crippen LogP) is 1.46. The Morgan fingerprint density at radius 3 is 2.73 bits per heavy atom. The predicted molar refractivity (Wildman–Crippen MR) is 69.3 cm³/mol. The van der Waals surface area contributed by atoms with Gasteiger partial charge in [-0.15, -0.1) is 0 Å². The highest BCUT2D eigenvalue weighted by Crippen LogP contribution is 2.48. The van der Waals surface area contributed by atoms with Crippen LogP contribution in [0.2, 0.25) is 0 Å². The smallest absolute Gasteiger partial charge is 0.411 e. The van der Waals surface area contributed by atoms with Crippen LogP contribution in [-0.4, -0.2) is 61.0 Å². The van der Waals surface area contributed by atoms with E-state index in [2.05, 4.69) is 10.1 Å². The molecule has 1 aliphatic heterocycles. The van der Waals surface area contributed by atoms with E-state index in [-0.39, 0.29) is 25.6 Å². The third-order valence-corrected chi connectivity index (χ3v) is 4.37. The Bertz CT molecular complexity index is 443. The summed E-state index contributed by atoms with van der Waals surface area (Å²) in [7, 11) is 0. The zero-order chi connectivity index (χ0) is 16.4. The molecule has 1 aliphatic carbocycles. The fourth-order valence-corrected chi connectivity index (χ4v) is 3.32. The number of fused-ring (bicyclic) bond motifs is 1. The van der Waals surface area contributed by atoms with E-state index in [1.54, 1.807) is 0 Å². The van der Waals surface area contributed by atoms with Gasteiger partial charge in [0.2, 0.25) is 0 Å². The standard InChI is InChI=1S/C13H19F3N2O4/c14-13(15,16)8-22-5-4-17-11(21)18-6-9-2-1-3-12(9,7-18)10(19)20/h9H,1-8H2,(H,17,21)(H,19,20)/t9-,12+/m0/s1. The zero-order valence-corrected chi connectivity index (χ0v) is 12.0. The lowest BCUT2D eigenvalue weighted by atomic mass is 9.81. The minimum absolute atomic E-state index is 0.0442. The van der Waals surface area contributed by atoms with Gasteiger partial charge in [-0.2, -0.15) is 13.2 Å². The van der Waals surface area contributed by atoms with Crippen LogP contribution in [0, 0.1) is 11.3 Å². The Hall–Kier alpha value is -1.51. The highest BCUT2D eigenvalue weighted by atomic mass is 19.4. The van der Waals surface area contributed by atoms with Gasteiger partial charge < -0.3 is 20.1 Å². The normalized spacial score (nSPS) is 27.8. The molecule has 1 saturated heterocycles. The van der Waals surface area contributed by atoms with E-state index in [0.717, 1.165) is 12.8 Å². The van der Waals surface area contributed by atoms with E-state index in [9.17, 15) is 27.9 Å². The van der Waals surface area contributed by atoms with Gasteiger partial charge >= 0.3 is 18.2 Å². The minimum Gasteiger partial charge on any atom is -0.481 e. The molecule has 126 valence electrons. The van der Waals surface area contributed by atoms with Crippen LogP contribution in [0.1, 0.15) is 19.3 Å². The average molecular weight is 324 g/mol. The largest absolute Gasteiger partial charge is 0.481 e. The van der Waals surface area contributed by atoms with Crippen molar-refractivity contribution in [1.82, 2.24) is 10.2 Å². The molecule has 2 fully saturated rings. The second kappa shape index (κ2) is 6.31. The van der Waals surface area contributed by atoms with Crippen molar-refractivity contribution in [2.45, 2.75) is 25.4 Å². The number of nitrogens with zero attached hydrogens (tertiary/aromatic N) is 1. The first-order chi connectivity index (χ1) is 10.2. The summed E-state index contributed by atoms with van der Waals surface area (Å²) >= 11 is 0. The van der Waals surface area contributed by atoms with E-state index in [1.807, 2.05) is 0 Å². The molecule has 0 aromatic rings. The molecule has 1 heterocycles. The molecule has 0 radical (unpaired) electrons. The molecular weight excluding hydrogens is 305 g/mol. The number of halogens is 3. The van der Waals surface area contributed by atoms with Gasteiger partial charge in [0.25, 0.3) is 0 Å². The maximum absolute atomic E-state index is 11.9. The molecule has 1 saturated carbocycles. The first kappa shape index (κ1) is 16.9. The average Bonchev–Trinajstić information content (AvgIpc) is 2.93. The zero-order valence-electron chi connectivity index (χ0n) is 12.0. The summed E-state index contributed by atoms with van der Waals surface area (Å²) in [5.74, 6) is -0.920. The number of hydrogen-bond donors (Lipinski definition) is 2. The number of urea groups is 1. The van der Waals surface area contributed by atoms with Crippen molar-refractivity contribution in [3.63, 3.8) is 0 Å². The van der Waals surface area contributed by atoms with Crippen LogP contribution in [0.4, 0.5) is 18.0 Å². The summed E-state index contributed by atoms with van der Waals surface area (Å²) in [5.41, 5.74) is -0.857. The van der Waals surface area contributed by atoms with Crippen LogP contribution in [-0.2, 0) is 9.53 Å². The monoisotopic (exact) mass is 324 g/mol. The Morgan fingerprint density at radius 2 is 2.14 bits per heavy atom. The molecule has 2 rings (SSSR count). The topological polar surface area (TPSA) is 78.9 Å². The molecule has 2 amide bonds. The number of carbonyl (C=O) groups excluding carboxylic acids is 1. The van der Waals surface area contributed by atoms with Crippen molar-refractivity contribution < 1.29 is 32.6 Å². The van der Waals surface area contributed by atoms with E-state index in [4.69, 9.17) is 0 Å². The fraction of sp³-hybridized carbons (Fsp3) is 0.846. The number of carboxylic acid groups (broad SMARTS) is 1. The molecule has 0 spiro atoms. The van der Waals surface area contributed by atoms with Crippen LogP contribution in [0.5, 0.6) is 0 Å². The third kappa shape index (κ3) is 3.63. The van der Waals surface area contributed by atoms with E-state index < -0.39 is 30.2 Å². The quantitative estimate of drug-likeness (QED) is 0.751. The second-order valence-electron chi connectivity index (χ2n) is 5.83. The number of amides is 2. The maximum atomic E-state index is 11.9. The van der Waals surface area contributed by atoms with Crippen LogP contribution in [0.3, 0.4) is 0 Å². The van der Waals surface area contributed by atoms with Gasteiger partial charge in [0.15, 0.2) is 0 Å². The molecule has 0 aromatic heterocycles. The Labute approximate surface area is 125 Å². The van der Waals surface area contributed by atoms with Gasteiger partial charge in [-0.3, -0.25) is 4.79 Å². The second-order valence-corrected chi connectivity index (χ2v) is 5.83. The van der Waals surface area contributed by atoms with Crippen LogP contribution in [0.15, 0.2) is 0 Å². The third-order valence-electron chi connectivity index (χ3n) is 4.37. The number of nitrogens with one attached hydrogen (secondary N) is 1. The summed E-state index contributed by atoms with van der Waals surface area (Å²) < 4.78 is 40.0. The molecule has 22 heavy (non-hydrogen) atoms. The van der Waals surface area contributed by atoms with Crippen molar-refractivity contribution in [3.05, 3.63) is 0 Å². The number of hydrogen-bond acceptors (Lipinski definition) is 3. The van der Waals surface area contributed by atoms with Crippen molar-refractivity contribution in [2.75, 3.05) is 32.8 Å². The number of carbonyl (C=O) groups is 2. The highest BCUT2D eigenvalue weighted by Gasteiger charge is 2.55. The van der Waals surface area contributed by atoms with Crippen LogP contribution >= 0.6 is 0 Å². The molecular formula is C13H19F3N2O4. The molecule has 9 heteroatoms. The minimum atomic E-state index is -4.38. The fourth-order valence-electron chi connectivity index (χ4n) is 3.32. The van der Waals surface area contributed by atoms with Crippen molar-refractivity contribution >= 4 is 12.0 Å². The number of alkyl halides is 3. The number of likely N-dealkylation sites (tertiary alicyclic amines) is 1. The highest BCUT2D eigenvalue weighted by molar-refractivity contribution is 5.80. The van der Waals surface area contributed by atoms with Gasteiger partial charge in [0.1, 0.15) is 6.61 Å². The first-order valence-electron chi connectivity index (χ1n) is 7.15. The van der Waals surface area contributed by atoms with Crippen LogP contribution in [0.25, 0.3) is 0 Å². The lowest BCUT2D eigenvalue weighted by molar-refractivity contribution is -0.173. The Kier molecular flexibility index (Phi) is 4.84. The summed E-state index contributed by atoms with van der Waals surface area (Å²) in [6.07, 6.45) is -2.20. The van der Waals surface area contributed by atoms with Gasteiger partial charge in [-0.05, 0) is 18.8 Å². The molecule has 0 bridgehead atoms. The lowest BCUT2D eigenvalue weighted by Gasteiger charge is -2.23. The van der Waals surface area contributed by atoms with Crippen molar-refractivity contribution in [2.24, 2.45) is 11.3 Å². The molecule has 6 nitrogen and oxygen atoms in total. The SMILES string of the molecule is O=C(NCCOCC(F)(F)F)N1C[C@@H]2CCC[C@@]2(C(=O)O)C1. The first-order valence-corrected chi connectivity index (χ1v) is 7.15. The van der Waals surface area contributed by atoms with E-state index >= 15 is 0 Å². The van der Waals surface area contributed by atoms with E-state index in [0.29, 0.717) is 13.0 Å². The van der Waals surface area contributed by atoms with E-state index in [1.165, 1.54) is 4.90 Å². The molecule has 2 aliphatic rings. The van der Waals surface area contributed by atoms with Gasteiger partial charge in [-0.25, -0.2) is 4.79 Å².